The van der Waals surface area contributed by atoms with Crippen molar-refractivity contribution in [1.82, 2.24) is 20.5 Å². The first kappa shape index (κ1) is 21.6. The molecule has 0 unspecified atom stereocenters. The topological polar surface area (TPSA) is 135 Å². The highest BCUT2D eigenvalue weighted by Gasteiger charge is 2.26. The fourth-order valence-corrected chi connectivity index (χ4v) is 4.15. The lowest BCUT2D eigenvalue weighted by atomic mass is 9.92. The van der Waals surface area contributed by atoms with Crippen LogP contribution < -0.4 is 16.4 Å². The van der Waals surface area contributed by atoms with E-state index in [1.54, 1.807) is 12.4 Å². The van der Waals surface area contributed by atoms with E-state index in [0.29, 0.717) is 18.4 Å². The number of nitrogens with zero attached hydrogens (tertiary/aromatic N) is 2. The monoisotopic (exact) mass is 436 g/mol. The molecule has 2 amide bonds. The molecule has 0 radical (unpaired) electrons. The maximum Gasteiger partial charge on any atom is 0.404 e. The summed E-state index contributed by atoms with van der Waals surface area (Å²) in [5, 5.41) is 14.3. The molecule has 0 atom stereocenters. The second kappa shape index (κ2) is 9.25. The summed E-state index contributed by atoms with van der Waals surface area (Å²) in [5.41, 5.74) is 9.14. The second-order valence-electron chi connectivity index (χ2n) is 8.45. The van der Waals surface area contributed by atoms with Crippen LogP contribution in [0.5, 0.6) is 0 Å². The van der Waals surface area contributed by atoms with Gasteiger partial charge in [0.05, 0.1) is 23.0 Å². The number of pyridine rings is 1. The molecule has 2 heterocycles. The first-order valence-corrected chi connectivity index (χ1v) is 10.9. The lowest BCUT2D eigenvalue weighted by Crippen LogP contribution is -2.40. The Kier molecular flexibility index (Phi) is 6.25. The molecule has 1 aliphatic carbocycles. The Hall–Kier alpha value is -3.62. The Morgan fingerprint density at radius 1 is 1.16 bits per heavy atom. The van der Waals surface area contributed by atoms with Crippen LogP contribution in [-0.2, 0) is 4.74 Å². The van der Waals surface area contributed by atoms with E-state index >= 15 is 0 Å². The fourth-order valence-electron chi connectivity index (χ4n) is 4.15. The molecule has 9 nitrogen and oxygen atoms in total. The summed E-state index contributed by atoms with van der Waals surface area (Å²) in [4.78, 5) is 28.7. The number of benzene rings is 1. The van der Waals surface area contributed by atoms with Gasteiger partial charge >= 0.3 is 6.09 Å². The molecule has 1 aromatic carbocycles. The van der Waals surface area contributed by atoms with Crippen molar-refractivity contribution >= 4 is 28.6 Å². The number of nitrogens with one attached hydrogen (secondary N) is 3. The average Bonchev–Trinajstić information content (AvgIpc) is 3.29. The zero-order valence-corrected chi connectivity index (χ0v) is 18.2. The van der Waals surface area contributed by atoms with Crippen molar-refractivity contribution in [2.24, 2.45) is 5.73 Å². The van der Waals surface area contributed by atoms with Crippen molar-refractivity contribution in [1.29, 1.82) is 0 Å². The third-order valence-electron chi connectivity index (χ3n) is 5.67. The van der Waals surface area contributed by atoms with E-state index in [0.717, 1.165) is 40.6 Å². The number of aromatic amines is 1. The molecule has 1 fully saturated rings. The van der Waals surface area contributed by atoms with E-state index in [-0.39, 0.29) is 24.1 Å². The van der Waals surface area contributed by atoms with Crippen LogP contribution in [0.4, 0.5) is 10.5 Å². The molecule has 3 aromatic rings. The van der Waals surface area contributed by atoms with Gasteiger partial charge in [0, 0.05) is 35.4 Å². The summed E-state index contributed by atoms with van der Waals surface area (Å²) < 4.78 is 5.08. The Balaban J connectivity index is 1.59. The largest absolute Gasteiger partial charge is 0.446 e. The van der Waals surface area contributed by atoms with Gasteiger partial charge in [0.2, 0.25) is 0 Å². The Labute approximate surface area is 186 Å². The number of carbonyl (C=O) groups excluding carboxylic acids is 2. The summed E-state index contributed by atoms with van der Waals surface area (Å²) >= 11 is 0. The number of anilines is 1. The third-order valence-corrected chi connectivity index (χ3v) is 5.67. The van der Waals surface area contributed by atoms with Crippen LogP contribution in [0.1, 0.15) is 49.9 Å². The van der Waals surface area contributed by atoms with Gasteiger partial charge in [0.15, 0.2) is 0 Å². The van der Waals surface area contributed by atoms with Gasteiger partial charge in [-0.05, 0) is 57.2 Å². The molecular weight excluding hydrogens is 408 g/mol. The molecule has 2 aromatic heterocycles. The van der Waals surface area contributed by atoms with E-state index < -0.39 is 6.09 Å². The lowest BCUT2D eigenvalue weighted by molar-refractivity contribution is 0.0711. The number of hydrogen-bond donors (Lipinski definition) is 4. The summed E-state index contributed by atoms with van der Waals surface area (Å²) in [6.07, 6.45) is 7.09. The Bertz CT molecular complexity index is 1100. The number of carbonyl (C=O) groups is 2. The molecule has 9 heteroatoms. The number of rotatable bonds is 6. The number of primary amides is 1. The number of ether oxygens (including phenoxy) is 1. The van der Waals surface area contributed by atoms with Crippen molar-refractivity contribution in [3.63, 3.8) is 0 Å². The third kappa shape index (κ3) is 4.82. The van der Waals surface area contributed by atoms with Gasteiger partial charge in [-0.3, -0.25) is 14.9 Å². The molecule has 0 spiro atoms. The molecule has 168 valence electrons. The Morgan fingerprint density at radius 3 is 2.59 bits per heavy atom. The number of fused-ring (bicyclic) bond motifs is 1. The standard InChI is InChI=1S/C23H28N6O3/c1-13(2)28-21-18-9-14(15-10-26-27-11-15)3-8-20(18)25-12-19(21)22(30)29-16-4-6-17(7-5-16)32-23(24)31/h3,8-13,16-17H,4-7H2,1-2H3,(H2,24,31)(H,25,28)(H,26,27)(H,29,30). The number of nitrogens with two attached hydrogens (primary N) is 1. The molecule has 0 aliphatic heterocycles. The zero-order valence-electron chi connectivity index (χ0n) is 18.2. The number of hydrogen-bond acceptors (Lipinski definition) is 6. The predicted molar refractivity (Wildman–Crippen MR) is 122 cm³/mol. The lowest BCUT2D eigenvalue weighted by Gasteiger charge is -2.28. The van der Waals surface area contributed by atoms with Gasteiger partial charge in [-0.15, -0.1) is 0 Å². The zero-order chi connectivity index (χ0) is 22.7. The maximum atomic E-state index is 13.2. The number of aromatic nitrogens is 3. The average molecular weight is 437 g/mol. The summed E-state index contributed by atoms with van der Waals surface area (Å²) in [7, 11) is 0. The van der Waals surface area contributed by atoms with Crippen LogP contribution in [0.3, 0.4) is 0 Å². The van der Waals surface area contributed by atoms with Crippen LogP contribution in [0.15, 0.2) is 36.8 Å². The van der Waals surface area contributed by atoms with Crippen LogP contribution >= 0.6 is 0 Å². The first-order valence-electron chi connectivity index (χ1n) is 10.9. The second-order valence-corrected chi connectivity index (χ2v) is 8.45. The molecular formula is C23H28N6O3. The number of H-pyrrole nitrogens is 1. The molecule has 0 saturated heterocycles. The minimum atomic E-state index is -0.751. The SMILES string of the molecule is CC(C)Nc1c(C(=O)NC2CCC(OC(N)=O)CC2)cnc2ccc(-c3cn[nH]c3)cc12. The van der Waals surface area contributed by atoms with Crippen LogP contribution in [0.25, 0.3) is 22.0 Å². The van der Waals surface area contributed by atoms with Gasteiger partial charge in [0.1, 0.15) is 6.10 Å². The summed E-state index contributed by atoms with van der Waals surface area (Å²) in [6.45, 7) is 4.07. The molecule has 1 aliphatic rings. The van der Waals surface area contributed by atoms with Gasteiger partial charge in [-0.2, -0.15) is 5.10 Å². The van der Waals surface area contributed by atoms with E-state index in [2.05, 4.69) is 25.8 Å². The van der Waals surface area contributed by atoms with Crippen molar-refractivity contribution in [2.75, 3.05) is 5.32 Å². The van der Waals surface area contributed by atoms with E-state index in [4.69, 9.17) is 10.5 Å². The normalized spacial score (nSPS) is 18.5. The van der Waals surface area contributed by atoms with E-state index in [1.807, 2.05) is 38.2 Å². The minimum absolute atomic E-state index is 0.00934. The fraction of sp³-hybridized carbons (Fsp3) is 0.391. The van der Waals surface area contributed by atoms with Crippen LogP contribution in [0, 0.1) is 0 Å². The molecule has 4 rings (SSSR count). The van der Waals surface area contributed by atoms with Crippen LogP contribution in [-0.4, -0.2) is 45.4 Å². The van der Waals surface area contributed by atoms with Gasteiger partial charge < -0.3 is 21.1 Å². The quantitative estimate of drug-likeness (QED) is 0.466. The summed E-state index contributed by atoms with van der Waals surface area (Å²) in [6, 6.07) is 6.11. The van der Waals surface area contributed by atoms with Crippen molar-refractivity contribution < 1.29 is 14.3 Å². The molecule has 0 bridgehead atoms. The van der Waals surface area contributed by atoms with Crippen LogP contribution in [0.2, 0.25) is 0 Å². The van der Waals surface area contributed by atoms with Gasteiger partial charge in [0.25, 0.3) is 5.91 Å². The van der Waals surface area contributed by atoms with Crippen molar-refractivity contribution in [3.8, 4) is 11.1 Å². The van der Waals surface area contributed by atoms with E-state index in [9.17, 15) is 9.59 Å². The van der Waals surface area contributed by atoms with E-state index in [1.165, 1.54) is 0 Å². The maximum absolute atomic E-state index is 13.2. The first-order chi connectivity index (χ1) is 15.4. The Morgan fingerprint density at radius 2 is 1.94 bits per heavy atom. The van der Waals surface area contributed by atoms with Crippen molar-refractivity contribution in [3.05, 3.63) is 42.4 Å². The molecule has 1 saturated carbocycles. The molecule has 32 heavy (non-hydrogen) atoms. The predicted octanol–water partition coefficient (Wildman–Crippen LogP) is 3.58. The highest BCUT2D eigenvalue weighted by Crippen LogP contribution is 2.31. The highest BCUT2D eigenvalue weighted by molar-refractivity contribution is 6.08. The minimum Gasteiger partial charge on any atom is -0.446 e. The highest BCUT2D eigenvalue weighted by atomic mass is 16.6. The van der Waals surface area contributed by atoms with Gasteiger partial charge in [-0.1, -0.05) is 6.07 Å². The number of amides is 2. The smallest absolute Gasteiger partial charge is 0.404 e. The summed E-state index contributed by atoms with van der Waals surface area (Å²) in [5.74, 6) is -0.171. The van der Waals surface area contributed by atoms with Crippen molar-refractivity contribution in [2.45, 2.75) is 57.7 Å². The van der Waals surface area contributed by atoms with Gasteiger partial charge in [-0.25, -0.2) is 4.79 Å². The molecule has 5 N–H and O–H groups in total.